The normalized spacial score (nSPS) is 34.9. The minimum atomic E-state index is -0.539. The highest BCUT2D eigenvalue weighted by Crippen LogP contribution is 2.33. The summed E-state index contributed by atoms with van der Waals surface area (Å²) in [5.74, 6) is -0.174. The Labute approximate surface area is 72.1 Å². The quantitative estimate of drug-likeness (QED) is 0.587. The minimum absolute atomic E-state index is 0.0608. The van der Waals surface area contributed by atoms with Crippen LogP contribution in [0.1, 0.15) is 33.6 Å². The van der Waals surface area contributed by atoms with E-state index in [0.717, 1.165) is 0 Å². The Bertz CT molecular complexity index is 218. The van der Waals surface area contributed by atoms with E-state index in [2.05, 4.69) is 0 Å². The molecule has 0 aromatic heterocycles. The Kier molecular flexibility index (Phi) is 2.22. The first-order valence-corrected chi connectivity index (χ1v) is 4.15. The van der Waals surface area contributed by atoms with Gasteiger partial charge in [-0.15, -0.1) is 0 Å². The van der Waals surface area contributed by atoms with Gasteiger partial charge in [0, 0.05) is 12.8 Å². The highest BCUT2D eigenvalue weighted by atomic mass is 16.6. The maximum absolute atomic E-state index is 11.0. The molecule has 12 heavy (non-hydrogen) atoms. The van der Waals surface area contributed by atoms with E-state index in [4.69, 9.17) is 4.74 Å². The number of esters is 1. The fourth-order valence-electron chi connectivity index (χ4n) is 1.75. The van der Waals surface area contributed by atoms with Crippen LogP contribution in [0.5, 0.6) is 0 Å². The maximum Gasteiger partial charge on any atom is 0.309 e. The zero-order valence-corrected chi connectivity index (χ0v) is 7.72. The van der Waals surface area contributed by atoms with Crippen LogP contribution in [0.3, 0.4) is 0 Å². The Hall–Kier alpha value is -0.860. The zero-order chi connectivity index (χ0) is 9.35. The highest BCUT2D eigenvalue weighted by Gasteiger charge is 2.41. The number of hydrogen-bond acceptors (Lipinski definition) is 3. The van der Waals surface area contributed by atoms with Gasteiger partial charge in [-0.1, -0.05) is 6.92 Å². The number of carbonyl (C=O) groups is 2. The SMILES string of the molecule is CC(=O)C[C@@]1(C)C[C@@H](C)C(=O)O1. The molecule has 3 heteroatoms. The predicted molar refractivity (Wildman–Crippen MR) is 43.6 cm³/mol. The first-order chi connectivity index (χ1) is 5.43. The van der Waals surface area contributed by atoms with Gasteiger partial charge in [-0.3, -0.25) is 9.59 Å². The molecule has 0 spiro atoms. The highest BCUT2D eigenvalue weighted by molar-refractivity contribution is 5.80. The molecule has 0 unspecified atom stereocenters. The van der Waals surface area contributed by atoms with Crippen molar-refractivity contribution in [2.24, 2.45) is 5.92 Å². The topological polar surface area (TPSA) is 43.4 Å². The van der Waals surface area contributed by atoms with E-state index >= 15 is 0 Å². The second-order valence-corrected chi connectivity index (χ2v) is 3.85. The van der Waals surface area contributed by atoms with Gasteiger partial charge in [0.25, 0.3) is 0 Å². The largest absolute Gasteiger partial charge is 0.459 e. The summed E-state index contributed by atoms with van der Waals surface area (Å²) in [6.45, 7) is 5.16. The summed E-state index contributed by atoms with van der Waals surface area (Å²) < 4.78 is 5.11. The second-order valence-electron chi connectivity index (χ2n) is 3.85. The molecule has 68 valence electrons. The molecule has 1 saturated heterocycles. The van der Waals surface area contributed by atoms with Crippen molar-refractivity contribution < 1.29 is 14.3 Å². The number of Topliss-reactive ketones (excluding diaryl/α,β-unsaturated/α-hetero) is 1. The first kappa shape index (κ1) is 9.23. The van der Waals surface area contributed by atoms with E-state index in [9.17, 15) is 9.59 Å². The summed E-state index contributed by atoms with van der Waals surface area (Å²) in [4.78, 5) is 21.9. The average molecular weight is 170 g/mol. The van der Waals surface area contributed by atoms with E-state index in [1.54, 1.807) is 0 Å². The van der Waals surface area contributed by atoms with Gasteiger partial charge in [-0.2, -0.15) is 0 Å². The van der Waals surface area contributed by atoms with Gasteiger partial charge in [0.2, 0.25) is 0 Å². The van der Waals surface area contributed by atoms with Gasteiger partial charge >= 0.3 is 5.97 Å². The summed E-state index contributed by atoms with van der Waals surface area (Å²) in [7, 11) is 0. The molecule has 0 bridgehead atoms. The molecule has 0 saturated carbocycles. The standard InChI is InChI=1S/C9H14O3/c1-6-4-9(3,5-7(2)10)12-8(6)11/h6H,4-5H2,1-3H3/t6-,9-/m1/s1. The van der Waals surface area contributed by atoms with Gasteiger partial charge in [0.05, 0.1) is 5.92 Å². The summed E-state index contributed by atoms with van der Waals surface area (Å²) in [6.07, 6.45) is 0.995. The third-order valence-corrected chi connectivity index (χ3v) is 2.11. The fraction of sp³-hybridized carbons (Fsp3) is 0.778. The summed E-state index contributed by atoms with van der Waals surface area (Å²) >= 11 is 0. The van der Waals surface area contributed by atoms with Crippen molar-refractivity contribution >= 4 is 11.8 Å². The van der Waals surface area contributed by atoms with Crippen molar-refractivity contribution in [1.29, 1.82) is 0 Å². The van der Waals surface area contributed by atoms with E-state index in [1.807, 2.05) is 13.8 Å². The molecule has 0 aromatic rings. The molecule has 1 fully saturated rings. The molecule has 0 radical (unpaired) electrons. The molecule has 2 atom stereocenters. The lowest BCUT2D eigenvalue weighted by atomic mass is 9.92. The van der Waals surface area contributed by atoms with Gasteiger partial charge in [0.1, 0.15) is 11.4 Å². The smallest absolute Gasteiger partial charge is 0.309 e. The van der Waals surface area contributed by atoms with Crippen LogP contribution in [-0.4, -0.2) is 17.4 Å². The van der Waals surface area contributed by atoms with E-state index < -0.39 is 5.60 Å². The number of cyclic esters (lactones) is 1. The van der Waals surface area contributed by atoms with Crippen molar-refractivity contribution in [2.75, 3.05) is 0 Å². The van der Waals surface area contributed by atoms with Crippen molar-refractivity contribution in [1.82, 2.24) is 0 Å². The van der Waals surface area contributed by atoms with Crippen LogP contribution in [0.2, 0.25) is 0 Å². The maximum atomic E-state index is 11.0. The fourth-order valence-corrected chi connectivity index (χ4v) is 1.75. The Morgan fingerprint density at radius 2 is 2.33 bits per heavy atom. The van der Waals surface area contributed by atoms with E-state index in [-0.39, 0.29) is 17.7 Å². The lowest BCUT2D eigenvalue weighted by Gasteiger charge is -2.20. The van der Waals surface area contributed by atoms with Gasteiger partial charge in [-0.25, -0.2) is 0 Å². The van der Waals surface area contributed by atoms with Crippen LogP contribution < -0.4 is 0 Å². The number of ketones is 1. The predicted octanol–water partition coefficient (Wildman–Crippen LogP) is 1.31. The van der Waals surface area contributed by atoms with Crippen molar-refractivity contribution in [2.45, 2.75) is 39.2 Å². The monoisotopic (exact) mass is 170 g/mol. The summed E-state index contributed by atoms with van der Waals surface area (Å²) in [5.41, 5.74) is -0.539. The Morgan fingerprint density at radius 1 is 1.75 bits per heavy atom. The Morgan fingerprint density at radius 3 is 2.67 bits per heavy atom. The van der Waals surface area contributed by atoms with Crippen LogP contribution in [0.4, 0.5) is 0 Å². The van der Waals surface area contributed by atoms with Crippen molar-refractivity contribution in [3.63, 3.8) is 0 Å². The molecule has 1 aliphatic heterocycles. The molecule has 1 rings (SSSR count). The zero-order valence-electron chi connectivity index (χ0n) is 7.72. The third-order valence-electron chi connectivity index (χ3n) is 2.11. The minimum Gasteiger partial charge on any atom is -0.459 e. The number of ether oxygens (including phenoxy) is 1. The average Bonchev–Trinajstić information content (AvgIpc) is 2.04. The molecule has 1 heterocycles. The van der Waals surface area contributed by atoms with Crippen LogP contribution in [0.25, 0.3) is 0 Å². The molecule has 3 nitrogen and oxygen atoms in total. The van der Waals surface area contributed by atoms with E-state index in [1.165, 1.54) is 6.92 Å². The molecule has 0 aliphatic carbocycles. The van der Waals surface area contributed by atoms with Gasteiger partial charge in [-0.05, 0) is 13.8 Å². The third kappa shape index (κ3) is 1.84. The van der Waals surface area contributed by atoms with Crippen LogP contribution >= 0.6 is 0 Å². The first-order valence-electron chi connectivity index (χ1n) is 4.15. The summed E-state index contributed by atoms with van der Waals surface area (Å²) in [6, 6.07) is 0. The van der Waals surface area contributed by atoms with Crippen LogP contribution in [0, 0.1) is 5.92 Å². The number of rotatable bonds is 2. The van der Waals surface area contributed by atoms with Crippen LogP contribution in [-0.2, 0) is 14.3 Å². The molecular weight excluding hydrogens is 156 g/mol. The molecule has 0 aromatic carbocycles. The Balaban J connectivity index is 2.63. The van der Waals surface area contributed by atoms with Gasteiger partial charge in [0.15, 0.2) is 0 Å². The molecule has 1 aliphatic rings. The second kappa shape index (κ2) is 2.88. The summed E-state index contributed by atoms with van der Waals surface area (Å²) in [5, 5.41) is 0. The lowest BCUT2D eigenvalue weighted by Crippen LogP contribution is -2.26. The lowest BCUT2D eigenvalue weighted by molar-refractivity contribution is -0.150. The van der Waals surface area contributed by atoms with Gasteiger partial charge < -0.3 is 4.74 Å². The van der Waals surface area contributed by atoms with Crippen LogP contribution in [0.15, 0.2) is 0 Å². The van der Waals surface area contributed by atoms with Crippen molar-refractivity contribution in [3.8, 4) is 0 Å². The van der Waals surface area contributed by atoms with E-state index in [0.29, 0.717) is 12.8 Å². The number of carbonyl (C=O) groups excluding carboxylic acids is 2. The van der Waals surface area contributed by atoms with Crippen molar-refractivity contribution in [3.05, 3.63) is 0 Å². The molecular formula is C9H14O3. The molecule has 0 N–H and O–H groups in total. The number of hydrogen-bond donors (Lipinski definition) is 0. The molecule has 0 amide bonds.